The molecule has 0 amide bonds. The highest BCUT2D eigenvalue weighted by molar-refractivity contribution is 7.88. The summed E-state index contributed by atoms with van der Waals surface area (Å²) in [5.74, 6) is 0.0527. The Morgan fingerprint density at radius 1 is 1.31 bits per heavy atom. The molecule has 1 aromatic carbocycles. The van der Waals surface area contributed by atoms with Gasteiger partial charge in [0.2, 0.25) is 10.0 Å². The third-order valence-corrected chi connectivity index (χ3v) is 4.89. The number of benzene rings is 1. The maximum Gasteiger partial charge on any atom is 0.218 e. The van der Waals surface area contributed by atoms with E-state index in [-0.39, 0.29) is 11.8 Å². The van der Waals surface area contributed by atoms with Gasteiger partial charge in [-0.15, -0.1) is 0 Å². The Morgan fingerprint density at radius 3 is 2.38 bits per heavy atom. The van der Waals surface area contributed by atoms with Gasteiger partial charge in [-0.25, -0.2) is 12.7 Å². The van der Waals surface area contributed by atoms with Crippen molar-refractivity contribution >= 4 is 21.6 Å². The van der Waals surface area contributed by atoms with Gasteiger partial charge in [0, 0.05) is 18.1 Å². The number of halogens is 1. The van der Waals surface area contributed by atoms with E-state index < -0.39 is 10.0 Å². The Kier molecular flexibility index (Phi) is 3.24. The predicted molar refractivity (Wildman–Crippen MR) is 64.9 cm³/mol. The minimum Gasteiger partial charge on any atom is -0.212 e. The molecule has 2 rings (SSSR count). The highest BCUT2D eigenvalue weighted by Gasteiger charge is 2.33. The Labute approximate surface area is 101 Å². The van der Waals surface area contributed by atoms with Crippen molar-refractivity contribution in [2.75, 3.05) is 7.05 Å². The average Bonchev–Trinajstić information content (AvgIpc) is 3.03. The van der Waals surface area contributed by atoms with Crippen molar-refractivity contribution in [2.24, 2.45) is 0 Å². The molecule has 0 unspecified atom stereocenters. The molecule has 88 valence electrons. The molecule has 1 aromatic rings. The fourth-order valence-electron chi connectivity index (χ4n) is 1.56. The first-order valence-electron chi connectivity index (χ1n) is 5.19. The summed E-state index contributed by atoms with van der Waals surface area (Å²) >= 11 is 5.75. The first-order chi connectivity index (χ1) is 7.49. The Bertz CT molecular complexity index is 465. The molecule has 1 aliphatic carbocycles. The van der Waals surface area contributed by atoms with Crippen LogP contribution in [0, 0.1) is 0 Å². The first-order valence-corrected chi connectivity index (χ1v) is 7.18. The molecule has 3 nitrogen and oxygen atoms in total. The van der Waals surface area contributed by atoms with Gasteiger partial charge in [0.15, 0.2) is 0 Å². The fraction of sp³-hybridized carbons (Fsp3) is 0.455. The molecule has 0 radical (unpaired) electrons. The molecule has 16 heavy (non-hydrogen) atoms. The Morgan fingerprint density at radius 2 is 1.88 bits per heavy atom. The standard InChI is InChI=1S/C11H14ClNO2S/c1-13(11-6-7-11)16(14,15)8-9-2-4-10(12)5-3-9/h2-5,11H,6-8H2,1H3. The smallest absolute Gasteiger partial charge is 0.212 e. The van der Waals surface area contributed by atoms with Crippen LogP contribution in [-0.2, 0) is 15.8 Å². The largest absolute Gasteiger partial charge is 0.218 e. The van der Waals surface area contributed by atoms with Crippen LogP contribution in [0.4, 0.5) is 0 Å². The van der Waals surface area contributed by atoms with Crippen LogP contribution in [0.15, 0.2) is 24.3 Å². The van der Waals surface area contributed by atoms with Crippen LogP contribution in [0.5, 0.6) is 0 Å². The zero-order chi connectivity index (χ0) is 11.8. The second-order valence-corrected chi connectivity index (χ2v) is 6.59. The summed E-state index contributed by atoms with van der Waals surface area (Å²) in [4.78, 5) is 0. The van der Waals surface area contributed by atoms with Gasteiger partial charge in [-0.1, -0.05) is 23.7 Å². The second kappa shape index (κ2) is 4.35. The van der Waals surface area contributed by atoms with E-state index in [2.05, 4.69) is 0 Å². The molecule has 1 fully saturated rings. The van der Waals surface area contributed by atoms with Gasteiger partial charge in [-0.05, 0) is 30.5 Å². The summed E-state index contributed by atoms with van der Waals surface area (Å²) in [6, 6.07) is 7.14. The lowest BCUT2D eigenvalue weighted by atomic mass is 10.2. The fourth-order valence-corrected chi connectivity index (χ4v) is 3.17. The number of rotatable bonds is 4. The number of nitrogens with zero attached hydrogens (tertiary/aromatic N) is 1. The predicted octanol–water partition coefficient (Wildman–Crippen LogP) is 2.26. The van der Waals surface area contributed by atoms with Crippen LogP contribution in [0.1, 0.15) is 18.4 Å². The monoisotopic (exact) mass is 259 g/mol. The van der Waals surface area contributed by atoms with Gasteiger partial charge < -0.3 is 0 Å². The summed E-state index contributed by atoms with van der Waals surface area (Å²) in [6.07, 6.45) is 1.96. The number of sulfonamides is 1. The van der Waals surface area contributed by atoms with Crippen molar-refractivity contribution in [1.82, 2.24) is 4.31 Å². The van der Waals surface area contributed by atoms with Crippen LogP contribution in [0.2, 0.25) is 5.02 Å². The van der Waals surface area contributed by atoms with E-state index in [1.165, 1.54) is 4.31 Å². The van der Waals surface area contributed by atoms with Gasteiger partial charge in [-0.3, -0.25) is 0 Å². The van der Waals surface area contributed by atoms with Crippen molar-refractivity contribution in [1.29, 1.82) is 0 Å². The van der Waals surface area contributed by atoms with Crippen LogP contribution in [0.25, 0.3) is 0 Å². The number of hydrogen-bond acceptors (Lipinski definition) is 2. The molecule has 0 atom stereocenters. The summed E-state index contributed by atoms with van der Waals surface area (Å²) in [5, 5.41) is 0.622. The minimum atomic E-state index is -3.17. The van der Waals surface area contributed by atoms with Crippen molar-refractivity contribution in [3.05, 3.63) is 34.9 Å². The van der Waals surface area contributed by atoms with Crippen LogP contribution in [0.3, 0.4) is 0 Å². The molecular weight excluding hydrogens is 246 g/mol. The van der Waals surface area contributed by atoms with Gasteiger partial charge >= 0.3 is 0 Å². The van der Waals surface area contributed by atoms with Gasteiger partial charge in [-0.2, -0.15) is 0 Å². The molecule has 0 bridgehead atoms. The molecular formula is C11H14ClNO2S. The molecule has 0 aliphatic heterocycles. The van der Waals surface area contributed by atoms with Gasteiger partial charge in [0.05, 0.1) is 5.75 Å². The molecule has 5 heteroatoms. The van der Waals surface area contributed by atoms with Crippen LogP contribution in [-0.4, -0.2) is 25.8 Å². The van der Waals surface area contributed by atoms with Crippen molar-refractivity contribution < 1.29 is 8.42 Å². The van der Waals surface area contributed by atoms with Crippen LogP contribution >= 0.6 is 11.6 Å². The molecule has 1 saturated carbocycles. The average molecular weight is 260 g/mol. The SMILES string of the molecule is CN(C1CC1)S(=O)(=O)Cc1ccc(Cl)cc1. The van der Waals surface area contributed by atoms with E-state index in [1.807, 2.05) is 0 Å². The second-order valence-electron chi connectivity index (χ2n) is 4.13. The van der Waals surface area contributed by atoms with Crippen molar-refractivity contribution in [3.8, 4) is 0 Å². The number of hydrogen-bond donors (Lipinski definition) is 0. The normalized spacial score (nSPS) is 16.7. The summed E-state index contributed by atoms with van der Waals surface area (Å²) in [6.45, 7) is 0. The zero-order valence-electron chi connectivity index (χ0n) is 9.06. The van der Waals surface area contributed by atoms with E-state index in [4.69, 9.17) is 11.6 Å². The van der Waals surface area contributed by atoms with Crippen LogP contribution < -0.4 is 0 Å². The summed E-state index contributed by atoms with van der Waals surface area (Å²) < 4.78 is 25.4. The highest BCUT2D eigenvalue weighted by Crippen LogP contribution is 2.28. The maximum atomic E-state index is 12.0. The minimum absolute atomic E-state index is 0.0527. The van der Waals surface area contributed by atoms with E-state index >= 15 is 0 Å². The molecule has 1 aliphatic rings. The molecule has 0 N–H and O–H groups in total. The van der Waals surface area contributed by atoms with E-state index in [9.17, 15) is 8.42 Å². The lowest BCUT2D eigenvalue weighted by molar-refractivity contribution is 0.463. The molecule has 0 aromatic heterocycles. The summed E-state index contributed by atoms with van der Waals surface area (Å²) in [5.41, 5.74) is 0.775. The molecule has 0 heterocycles. The van der Waals surface area contributed by atoms with Gasteiger partial charge in [0.1, 0.15) is 0 Å². The Balaban J connectivity index is 2.11. The van der Waals surface area contributed by atoms with E-state index in [1.54, 1.807) is 31.3 Å². The third kappa shape index (κ3) is 2.75. The third-order valence-electron chi connectivity index (χ3n) is 2.76. The van der Waals surface area contributed by atoms with E-state index in [0.29, 0.717) is 5.02 Å². The highest BCUT2D eigenvalue weighted by atomic mass is 35.5. The topological polar surface area (TPSA) is 37.4 Å². The lowest BCUT2D eigenvalue weighted by Gasteiger charge is -2.16. The van der Waals surface area contributed by atoms with Crippen molar-refractivity contribution in [2.45, 2.75) is 24.6 Å². The Hall–Kier alpha value is -0.580. The van der Waals surface area contributed by atoms with Crippen molar-refractivity contribution in [3.63, 3.8) is 0 Å². The first kappa shape index (κ1) is 11.9. The quantitative estimate of drug-likeness (QED) is 0.832. The van der Waals surface area contributed by atoms with E-state index in [0.717, 1.165) is 18.4 Å². The zero-order valence-corrected chi connectivity index (χ0v) is 10.6. The molecule has 0 saturated heterocycles. The van der Waals surface area contributed by atoms with Gasteiger partial charge in [0.25, 0.3) is 0 Å². The summed E-state index contributed by atoms with van der Waals surface area (Å²) in [7, 11) is -1.52. The lowest BCUT2D eigenvalue weighted by Crippen LogP contribution is -2.30. The molecule has 0 spiro atoms. The maximum absolute atomic E-state index is 12.0.